The lowest BCUT2D eigenvalue weighted by molar-refractivity contribution is 0.0658. The van der Waals surface area contributed by atoms with Crippen LogP contribution in [0.2, 0.25) is 0 Å². The molecule has 1 N–H and O–H groups in total. The first kappa shape index (κ1) is 16.3. The van der Waals surface area contributed by atoms with E-state index in [2.05, 4.69) is 20.2 Å². The number of amides is 1. The van der Waals surface area contributed by atoms with E-state index in [4.69, 9.17) is 0 Å². The first-order chi connectivity index (χ1) is 11.5. The molecule has 0 atom stereocenters. The monoisotopic (exact) mass is 329 g/mol. The topological polar surface area (TPSA) is 61.4 Å². The lowest BCUT2D eigenvalue weighted by Crippen LogP contribution is -2.47. The van der Waals surface area contributed by atoms with Crippen LogP contribution >= 0.6 is 0 Å². The van der Waals surface area contributed by atoms with Crippen molar-refractivity contribution < 1.29 is 9.18 Å². The third-order valence-corrected chi connectivity index (χ3v) is 3.94. The summed E-state index contributed by atoms with van der Waals surface area (Å²) in [5.74, 6) is 0.537. The highest BCUT2D eigenvalue weighted by atomic mass is 19.1. The quantitative estimate of drug-likeness (QED) is 0.934. The second kappa shape index (κ2) is 6.92. The van der Waals surface area contributed by atoms with E-state index < -0.39 is 0 Å². The van der Waals surface area contributed by atoms with Crippen molar-refractivity contribution in [3.05, 3.63) is 47.7 Å². The molecule has 1 aromatic carbocycles. The average Bonchev–Trinajstić information content (AvgIpc) is 2.54. The SMILES string of the molecule is Cc1nc(Nc2cccc(F)c2)cc(C(=O)N2CCN(C)CC2)n1. The van der Waals surface area contributed by atoms with Crippen molar-refractivity contribution in [2.24, 2.45) is 0 Å². The highest BCUT2D eigenvalue weighted by Crippen LogP contribution is 2.17. The van der Waals surface area contributed by atoms with E-state index in [-0.39, 0.29) is 11.7 Å². The molecule has 0 radical (unpaired) electrons. The van der Waals surface area contributed by atoms with Gasteiger partial charge in [-0.05, 0) is 32.2 Å². The molecule has 0 bridgehead atoms. The summed E-state index contributed by atoms with van der Waals surface area (Å²) in [5.41, 5.74) is 0.928. The Morgan fingerprint density at radius 3 is 2.62 bits per heavy atom. The Kier molecular flexibility index (Phi) is 4.71. The molecule has 0 spiro atoms. The van der Waals surface area contributed by atoms with Crippen LogP contribution in [0, 0.1) is 12.7 Å². The molecular weight excluding hydrogens is 309 g/mol. The van der Waals surface area contributed by atoms with Crippen molar-refractivity contribution in [2.45, 2.75) is 6.92 Å². The van der Waals surface area contributed by atoms with Gasteiger partial charge in [-0.3, -0.25) is 4.79 Å². The molecule has 126 valence electrons. The fourth-order valence-electron chi connectivity index (χ4n) is 2.63. The molecule has 1 fully saturated rings. The minimum absolute atomic E-state index is 0.101. The highest BCUT2D eigenvalue weighted by molar-refractivity contribution is 5.93. The lowest BCUT2D eigenvalue weighted by atomic mass is 10.2. The summed E-state index contributed by atoms with van der Waals surface area (Å²) in [6, 6.07) is 7.71. The number of aryl methyl sites for hydroxylation is 1. The highest BCUT2D eigenvalue weighted by Gasteiger charge is 2.22. The van der Waals surface area contributed by atoms with Crippen molar-refractivity contribution >= 4 is 17.4 Å². The van der Waals surface area contributed by atoms with Gasteiger partial charge in [0.05, 0.1) is 0 Å². The maximum Gasteiger partial charge on any atom is 0.272 e. The predicted molar refractivity (Wildman–Crippen MR) is 89.9 cm³/mol. The number of benzene rings is 1. The maximum absolute atomic E-state index is 13.3. The first-order valence-electron chi connectivity index (χ1n) is 7.87. The maximum atomic E-state index is 13.3. The summed E-state index contributed by atoms with van der Waals surface area (Å²) in [4.78, 5) is 25.2. The van der Waals surface area contributed by atoms with E-state index in [0.29, 0.717) is 36.1 Å². The predicted octanol–water partition coefficient (Wildman–Crippen LogP) is 2.06. The normalized spacial score (nSPS) is 15.4. The zero-order valence-electron chi connectivity index (χ0n) is 13.8. The van der Waals surface area contributed by atoms with Crippen LogP contribution in [-0.4, -0.2) is 58.9 Å². The molecule has 2 aromatic rings. The largest absolute Gasteiger partial charge is 0.340 e. The Morgan fingerprint density at radius 2 is 1.92 bits per heavy atom. The summed E-state index contributed by atoms with van der Waals surface area (Å²) < 4.78 is 13.3. The molecule has 24 heavy (non-hydrogen) atoms. The Morgan fingerprint density at radius 1 is 1.17 bits per heavy atom. The van der Waals surface area contributed by atoms with Crippen LogP contribution in [-0.2, 0) is 0 Å². The molecule has 1 saturated heterocycles. The van der Waals surface area contributed by atoms with Crippen LogP contribution in [0.15, 0.2) is 30.3 Å². The van der Waals surface area contributed by atoms with Crippen LogP contribution in [0.1, 0.15) is 16.3 Å². The van der Waals surface area contributed by atoms with Crippen LogP contribution < -0.4 is 5.32 Å². The fraction of sp³-hybridized carbons (Fsp3) is 0.353. The van der Waals surface area contributed by atoms with Crippen molar-refractivity contribution in [1.29, 1.82) is 0 Å². The molecule has 2 heterocycles. The van der Waals surface area contributed by atoms with E-state index >= 15 is 0 Å². The third kappa shape index (κ3) is 3.86. The summed E-state index contributed by atoms with van der Waals surface area (Å²) in [6.45, 7) is 4.81. The number of nitrogens with one attached hydrogen (secondary N) is 1. The van der Waals surface area contributed by atoms with Crippen molar-refractivity contribution in [3.63, 3.8) is 0 Å². The van der Waals surface area contributed by atoms with Gasteiger partial charge in [0.15, 0.2) is 0 Å². The summed E-state index contributed by atoms with van der Waals surface area (Å²) in [6.07, 6.45) is 0. The van der Waals surface area contributed by atoms with E-state index in [1.165, 1.54) is 12.1 Å². The van der Waals surface area contributed by atoms with Crippen LogP contribution in [0.5, 0.6) is 0 Å². The van der Waals surface area contributed by atoms with E-state index in [9.17, 15) is 9.18 Å². The third-order valence-electron chi connectivity index (χ3n) is 3.94. The number of likely N-dealkylation sites (N-methyl/N-ethyl adjacent to an activating group) is 1. The van der Waals surface area contributed by atoms with Gasteiger partial charge in [-0.2, -0.15) is 0 Å². The summed E-state index contributed by atoms with van der Waals surface area (Å²) in [5, 5.41) is 3.02. The zero-order chi connectivity index (χ0) is 17.1. The summed E-state index contributed by atoms with van der Waals surface area (Å²) >= 11 is 0. The number of piperazine rings is 1. The molecule has 1 aromatic heterocycles. The Hall–Kier alpha value is -2.54. The molecule has 0 aliphatic carbocycles. The first-order valence-corrected chi connectivity index (χ1v) is 7.87. The Bertz CT molecular complexity index is 744. The van der Waals surface area contributed by atoms with Crippen molar-refractivity contribution in [2.75, 3.05) is 38.5 Å². The summed E-state index contributed by atoms with van der Waals surface area (Å²) in [7, 11) is 2.04. The van der Waals surface area contributed by atoms with Crippen LogP contribution in [0.25, 0.3) is 0 Å². The minimum Gasteiger partial charge on any atom is -0.340 e. The number of anilines is 2. The standard InChI is InChI=1S/C17H20FN5O/c1-12-19-15(17(24)23-8-6-22(2)7-9-23)11-16(20-12)21-14-5-3-4-13(18)10-14/h3-5,10-11H,6-9H2,1-2H3,(H,19,20,21). The van der Waals surface area contributed by atoms with Crippen LogP contribution in [0.4, 0.5) is 15.9 Å². The van der Waals surface area contributed by atoms with Crippen molar-refractivity contribution in [3.8, 4) is 0 Å². The average molecular weight is 329 g/mol. The fourth-order valence-corrected chi connectivity index (χ4v) is 2.63. The smallest absolute Gasteiger partial charge is 0.272 e. The molecule has 1 aliphatic rings. The molecule has 6 nitrogen and oxygen atoms in total. The number of carbonyl (C=O) groups is 1. The second-order valence-corrected chi connectivity index (χ2v) is 5.92. The minimum atomic E-state index is -0.334. The molecule has 7 heteroatoms. The van der Waals surface area contributed by atoms with Gasteiger partial charge >= 0.3 is 0 Å². The van der Waals surface area contributed by atoms with Gasteiger partial charge < -0.3 is 15.1 Å². The van der Waals surface area contributed by atoms with Gasteiger partial charge in [-0.25, -0.2) is 14.4 Å². The zero-order valence-corrected chi connectivity index (χ0v) is 13.8. The van der Waals surface area contributed by atoms with Gasteiger partial charge in [-0.15, -0.1) is 0 Å². The molecule has 0 unspecified atom stereocenters. The molecule has 1 aliphatic heterocycles. The van der Waals surface area contributed by atoms with Gasteiger partial charge in [-0.1, -0.05) is 6.07 Å². The number of hydrogen-bond donors (Lipinski definition) is 1. The van der Waals surface area contributed by atoms with Gasteiger partial charge in [0.1, 0.15) is 23.2 Å². The number of halogens is 1. The van der Waals surface area contributed by atoms with Gasteiger partial charge in [0.25, 0.3) is 5.91 Å². The van der Waals surface area contributed by atoms with Gasteiger partial charge in [0, 0.05) is 37.9 Å². The van der Waals surface area contributed by atoms with E-state index in [1.807, 2.05) is 7.05 Å². The lowest BCUT2D eigenvalue weighted by Gasteiger charge is -2.32. The molecule has 1 amide bonds. The number of rotatable bonds is 3. The number of aromatic nitrogens is 2. The number of hydrogen-bond acceptors (Lipinski definition) is 5. The van der Waals surface area contributed by atoms with E-state index in [1.54, 1.807) is 30.0 Å². The number of nitrogens with zero attached hydrogens (tertiary/aromatic N) is 4. The Balaban J connectivity index is 1.79. The molecule has 0 saturated carbocycles. The molecule has 3 rings (SSSR count). The molecular formula is C17H20FN5O. The van der Waals surface area contributed by atoms with Crippen LogP contribution in [0.3, 0.4) is 0 Å². The van der Waals surface area contributed by atoms with E-state index in [0.717, 1.165) is 13.1 Å². The van der Waals surface area contributed by atoms with Crippen molar-refractivity contribution in [1.82, 2.24) is 19.8 Å². The second-order valence-electron chi connectivity index (χ2n) is 5.92. The Labute approximate surface area is 140 Å². The number of carbonyl (C=O) groups excluding carboxylic acids is 1. The van der Waals surface area contributed by atoms with Gasteiger partial charge in [0.2, 0.25) is 0 Å².